The van der Waals surface area contributed by atoms with E-state index in [4.69, 9.17) is 0 Å². The lowest BCUT2D eigenvalue weighted by atomic mass is 9.89. The van der Waals surface area contributed by atoms with Crippen LogP contribution < -0.4 is 0 Å². The van der Waals surface area contributed by atoms with Crippen LogP contribution in [0.15, 0.2) is 30.5 Å². The van der Waals surface area contributed by atoms with Gasteiger partial charge in [-0.05, 0) is 43.5 Å². The van der Waals surface area contributed by atoms with Gasteiger partial charge in [0.15, 0.2) is 0 Å². The molecule has 0 bridgehead atoms. The number of benzene rings is 1. The lowest BCUT2D eigenvalue weighted by Crippen LogP contribution is -2.36. The first-order chi connectivity index (χ1) is 10.0. The molecule has 2 aromatic rings. The molecule has 0 radical (unpaired) electrons. The summed E-state index contributed by atoms with van der Waals surface area (Å²) in [6.07, 6.45) is 5.66. The largest absolute Gasteiger partial charge is 0.361 e. The second-order valence-corrected chi connectivity index (χ2v) is 8.30. The van der Waals surface area contributed by atoms with E-state index in [0.29, 0.717) is 12.5 Å². The van der Waals surface area contributed by atoms with Crippen molar-refractivity contribution in [3.05, 3.63) is 36.0 Å². The highest BCUT2D eigenvalue weighted by molar-refractivity contribution is 7.90. The maximum absolute atomic E-state index is 11.2. The van der Waals surface area contributed by atoms with Crippen LogP contribution in [0.2, 0.25) is 0 Å². The van der Waals surface area contributed by atoms with Gasteiger partial charge in [-0.1, -0.05) is 18.2 Å². The number of sulfone groups is 1. The molecule has 1 aromatic heterocycles. The Hall–Kier alpha value is -1.33. The predicted octanol–water partition coefficient (Wildman–Crippen LogP) is 2.39. The Morgan fingerprint density at radius 2 is 1.95 bits per heavy atom. The number of likely N-dealkylation sites (tertiary alicyclic amines) is 1. The Bertz CT molecular complexity index is 713. The molecule has 1 aliphatic rings. The van der Waals surface area contributed by atoms with Gasteiger partial charge >= 0.3 is 0 Å². The molecule has 114 valence electrons. The molecule has 0 aliphatic carbocycles. The minimum atomic E-state index is -2.86. The number of fused-ring (bicyclic) bond motifs is 1. The molecule has 0 unspecified atom stereocenters. The summed E-state index contributed by atoms with van der Waals surface area (Å²) >= 11 is 0. The average molecular weight is 306 g/mol. The van der Waals surface area contributed by atoms with Crippen molar-refractivity contribution in [1.29, 1.82) is 0 Å². The van der Waals surface area contributed by atoms with Gasteiger partial charge in [0.25, 0.3) is 0 Å². The number of rotatable bonds is 4. The van der Waals surface area contributed by atoms with Crippen molar-refractivity contribution in [2.45, 2.75) is 18.8 Å². The Balaban J connectivity index is 1.63. The van der Waals surface area contributed by atoms with Gasteiger partial charge in [-0.2, -0.15) is 0 Å². The van der Waals surface area contributed by atoms with Crippen molar-refractivity contribution in [1.82, 2.24) is 9.88 Å². The number of nitrogens with one attached hydrogen (secondary N) is 1. The molecular weight excluding hydrogens is 284 g/mol. The summed E-state index contributed by atoms with van der Waals surface area (Å²) in [5.41, 5.74) is 2.61. The van der Waals surface area contributed by atoms with Crippen LogP contribution in [0.4, 0.5) is 0 Å². The van der Waals surface area contributed by atoms with Gasteiger partial charge in [-0.25, -0.2) is 8.42 Å². The van der Waals surface area contributed by atoms with Crippen molar-refractivity contribution in [3.8, 4) is 0 Å². The fourth-order valence-corrected chi connectivity index (χ4v) is 3.78. The standard InChI is InChI=1S/C16H22N2O2S/c1-21(19,20)11-10-18-8-6-13(7-9-18)15-12-17-16-5-3-2-4-14(15)16/h2-5,12-13,17H,6-11H2,1H3. The van der Waals surface area contributed by atoms with E-state index in [0.717, 1.165) is 25.9 Å². The minimum Gasteiger partial charge on any atom is -0.361 e. The third-order valence-corrected chi connectivity index (χ3v) is 5.35. The quantitative estimate of drug-likeness (QED) is 0.943. The van der Waals surface area contributed by atoms with Crippen LogP contribution in [0.3, 0.4) is 0 Å². The number of hydrogen-bond donors (Lipinski definition) is 1. The zero-order valence-electron chi connectivity index (χ0n) is 12.4. The molecule has 1 saturated heterocycles. The van der Waals surface area contributed by atoms with Crippen LogP contribution in [0.25, 0.3) is 10.9 Å². The molecule has 0 atom stereocenters. The zero-order chi connectivity index (χ0) is 14.9. The summed E-state index contributed by atoms with van der Waals surface area (Å²) in [5, 5.41) is 1.33. The first-order valence-electron chi connectivity index (χ1n) is 7.49. The maximum Gasteiger partial charge on any atom is 0.148 e. The van der Waals surface area contributed by atoms with Crippen molar-refractivity contribution >= 4 is 20.7 Å². The van der Waals surface area contributed by atoms with E-state index in [1.54, 1.807) is 0 Å². The van der Waals surface area contributed by atoms with E-state index >= 15 is 0 Å². The van der Waals surface area contributed by atoms with Gasteiger partial charge in [0, 0.05) is 29.9 Å². The van der Waals surface area contributed by atoms with E-state index in [1.165, 1.54) is 22.7 Å². The van der Waals surface area contributed by atoms with Crippen molar-refractivity contribution in [3.63, 3.8) is 0 Å². The predicted molar refractivity (Wildman–Crippen MR) is 86.4 cm³/mol. The second kappa shape index (κ2) is 5.81. The van der Waals surface area contributed by atoms with Crippen LogP contribution in [-0.4, -0.2) is 49.9 Å². The summed E-state index contributed by atoms with van der Waals surface area (Å²) in [6.45, 7) is 2.64. The van der Waals surface area contributed by atoms with Gasteiger partial charge < -0.3 is 9.88 Å². The Kier molecular flexibility index (Phi) is 4.04. The Morgan fingerprint density at radius 1 is 1.24 bits per heavy atom. The van der Waals surface area contributed by atoms with Gasteiger partial charge in [0.2, 0.25) is 0 Å². The first kappa shape index (κ1) is 14.6. The highest BCUT2D eigenvalue weighted by Gasteiger charge is 2.23. The molecule has 1 aromatic carbocycles. The number of piperidine rings is 1. The monoisotopic (exact) mass is 306 g/mol. The van der Waals surface area contributed by atoms with E-state index in [2.05, 4.69) is 40.3 Å². The highest BCUT2D eigenvalue weighted by Crippen LogP contribution is 2.32. The second-order valence-electron chi connectivity index (χ2n) is 6.04. The molecule has 1 fully saturated rings. The molecule has 0 amide bonds. The number of para-hydroxylation sites is 1. The summed E-state index contributed by atoms with van der Waals surface area (Å²) in [4.78, 5) is 5.62. The smallest absolute Gasteiger partial charge is 0.148 e. The van der Waals surface area contributed by atoms with Crippen molar-refractivity contribution < 1.29 is 8.42 Å². The molecular formula is C16H22N2O2S. The molecule has 0 spiro atoms. The minimum absolute atomic E-state index is 0.269. The van der Waals surface area contributed by atoms with Gasteiger partial charge in [-0.15, -0.1) is 0 Å². The highest BCUT2D eigenvalue weighted by atomic mass is 32.2. The lowest BCUT2D eigenvalue weighted by molar-refractivity contribution is 0.224. The first-order valence-corrected chi connectivity index (χ1v) is 9.55. The van der Waals surface area contributed by atoms with Crippen LogP contribution in [0.1, 0.15) is 24.3 Å². The normalized spacial score (nSPS) is 18.3. The molecule has 3 rings (SSSR count). The molecule has 0 saturated carbocycles. The molecule has 1 N–H and O–H groups in total. The Labute approximate surface area is 126 Å². The summed E-state index contributed by atoms with van der Waals surface area (Å²) in [6, 6.07) is 8.43. The molecule has 4 nitrogen and oxygen atoms in total. The summed E-state index contributed by atoms with van der Waals surface area (Å²) < 4.78 is 22.5. The maximum atomic E-state index is 11.2. The topological polar surface area (TPSA) is 53.2 Å². The molecule has 1 aliphatic heterocycles. The summed E-state index contributed by atoms with van der Waals surface area (Å²) in [7, 11) is -2.86. The van der Waals surface area contributed by atoms with Crippen molar-refractivity contribution in [2.75, 3.05) is 31.6 Å². The van der Waals surface area contributed by atoms with E-state index < -0.39 is 9.84 Å². The third-order valence-electron chi connectivity index (χ3n) is 4.43. The zero-order valence-corrected chi connectivity index (χ0v) is 13.2. The van der Waals surface area contributed by atoms with Gasteiger partial charge in [0.1, 0.15) is 9.84 Å². The van der Waals surface area contributed by atoms with E-state index in [-0.39, 0.29) is 5.75 Å². The van der Waals surface area contributed by atoms with E-state index in [9.17, 15) is 8.42 Å². The van der Waals surface area contributed by atoms with Crippen LogP contribution >= 0.6 is 0 Å². The number of aromatic amines is 1. The lowest BCUT2D eigenvalue weighted by Gasteiger charge is -2.31. The van der Waals surface area contributed by atoms with Crippen LogP contribution in [-0.2, 0) is 9.84 Å². The molecule has 5 heteroatoms. The number of H-pyrrole nitrogens is 1. The number of aromatic nitrogens is 1. The fraction of sp³-hybridized carbons (Fsp3) is 0.500. The van der Waals surface area contributed by atoms with Gasteiger partial charge in [0.05, 0.1) is 5.75 Å². The molecule has 21 heavy (non-hydrogen) atoms. The Morgan fingerprint density at radius 3 is 2.67 bits per heavy atom. The fourth-order valence-electron chi connectivity index (χ4n) is 3.19. The molecule has 2 heterocycles. The van der Waals surface area contributed by atoms with Crippen LogP contribution in [0, 0.1) is 0 Å². The van der Waals surface area contributed by atoms with Crippen molar-refractivity contribution in [2.24, 2.45) is 0 Å². The van der Waals surface area contributed by atoms with Crippen LogP contribution in [0.5, 0.6) is 0 Å². The number of hydrogen-bond acceptors (Lipinski definition) is 3. The average Bonchev–Trinajstić information content (AvgIpc) is 2.89. The third kappa shape index (κ3) is 3.47. The summed E-state index contributed by atoms with van der Waals surface area (Å²) in [5.74, 6) is 0.848. The number of nitrogens with zero attached hydrogens (tertiary/aromatic N) is 1. The van der Waals surface area contributed by atoms with E-state index in [1.807, 2.05) is 0 Å². The van der Waals surface area contributed by atoms with Gasteiger partial charge in [-0.3, -0.25) is 0 Å². The SMILES string of the molecule is CS(=O)(=O)CCN1CCC(c2c[nH]c3ccccc23)CC1.